The van der Waals surface area contributed by atoms with Gasteiger partial charge in [-0.25, -0.2) is 0 Å². The van der Waals surface area contributed by atoms with Gasteiger partial charge in [-0.1, -0.05) is 74.1 Å². The Kier molecular flexibility index (Phi) is 8.99. The van der Waals surface area contributed by atoms with Gasteiger partial charge < -0.3 is 16.0 Å². The Labute approximate surface area is 189 Å². The van der Waals surface area contributed by atoms with Crippen LogP contribution < -0.4 is 16.0 Å². The normalized spacial score (nSPS) is 15.8. The number of benzene rings is 2. The van der Waals surface area contributed by atoms with E-state index in [2.05, 4.69) is 94.5 Å². The summed E-state index contributed by atoms with van der Waals surface area (Å²) in [6.07, 6.45) is 8.94. The maximum atomic E-state index is 5.84. The standard InChI is InChI=1S/C15H17N3.C13H22/c1-10-3-5-11(6-4-10)15-17-13-8-7-12(16)9-14(13)18(15)2;1-6-13(12(4)5)10-8-7-9-11(2)3/h3-9,15,17H,16H2,1-2H3;6-7,9,11,13H,1,4,8,10H2,2-3,5H3/b;9-7+. The summed E-state index contributed by atoms with van der Waals surface area (Å²) in [5.41, 5.74) is 12.7. The number of fused-ring (bicyclic) bond motifs is 1. The van der Waals surface area contributed by atoms with Crippen LogP contribution in [-0.4, -0.2) is 7.05 Å². The first-order valence-corrected chi connectivity index (χ1v) is 11.1. The van der Waals surface area contributed by atoms with Crippen molar-refractivity contribution in [2.75, 3.05) is 23.0 Å². The monoisotopic (exact) mass is 417 g/mol. The molecule has 2 aromatic carbocycles. The Bertz CT molecular complexity index is 893. The Morgan fingerprint density at radius 2 is 1.87 bits per heavy atom. The number of nitrogens with one attached hydrogen (secondary N) is 1. The summed E-state index contributed by atoms with van der Waals surface area (Å²) in [5.74, 6) is 1.14. The van der Waals surface area contributed by atoms with Crippen LogP contribution in [0.25, 0.3) is 0 Å². The lowest BCUT2D eigenvalue weighted by Crippen LogP contribution is -2.23. The fourth-order valence-corrected chi connectivity index (χ4v) is 3.61. The summed E-state index contributed by atoms with van der Waals surface area (Å²) in [6.45, 7) is 16.3. The molecule has 2 atom stereocenters. The van der Waals surface area contributed by atoms with Gasteiger partial charge in [-0.15, -0.1) is 6.58 Å². The van der Waals surface area contributed by atoms with Crippen molar-refractivity contribution in [1.29, 1.82) is 0 Å². The van der Waals surface area contributed by atoms with E-state index in [0.717, 1.165) is 29.9 Å². The van der Waals surface area contributed by atoms with Gasteiger partial charge in [0.05, 0.1) is 11.4 Å². The number of nitrogens with zero attached hydrogens (tertiary/aromatic N) is 1. The number of nitrogens with two attached hydrogens (primary N) is 1. The molecule has 0 aromatic heterocycles. The Balaban J connectivity index is 0.000000235. The van der Waals surface area contributed by atoms with Crippen molar-refractivity contribution in [3.8, 4) is 0 Å². The number of aryl methyl sites for hydroxylation is 1. The molecule has 3 nitrogen and oxygen atoms in total. The van der Waals surface area contributed by atoms with Crippen LogP contribution in [0.15, 0.2) is 79.4 Å². The molecule has 31 heavy (non-hydrogen) atoms. The van der Waals surface area contributed by atoms with Gasteiger partial charge in [0.15, 0.2) is 0 Å². The minimum atomic E-state index is 0.183. The predicted octanol–water partition coefficient (Wildman–Crippen LogP) is 7.49. The lowest BCUT2D eigenvalue weighted by atomic mass is 9.96. The van der Waals surface area contributed by atoms with Crippen LogP contribution in [0.4, 0.5) is 17.1 Å². The molecule has 0 amide bonds. The molecule has 0 bridgehead atoms. The van der Waals surface area contributed by atoms with E-state index in [0.29, 0.717) is 11.8 Å². The zero-order valence-corrected chi connectivity index (χ0v) is 19.9. The molecule has 0 aliphatic carbocycles. The van der Waals surface area contributed by atoms with Gasteiger partial charge in [0.1, 0.15) is 6.17 Å². The highest BCUT2D eigenvalue weighted by molar-refractivity contribution is 5.79. The molecule has 1 heterocycles. The number of nitrogen functional groups attached to an aromatic ring is 1. The Morgan fingerprint density at radius 1 is 1.19 bits per heavy atom. The Morgan fingerprint density at radius 3 is 2.45 bits per heavy atom. The lowest BCUT2D eigenvalue weighted by Gasteiger charge is -2.22. The summed E-state index contributed by atoms with van der Waals surface area (Å²) in [4.78, 5) is 2.22. The Hall–Kier alpha value is -2.94. The van der Waals surface area contributed by atoms with Crippen LogP contribution >= 0.6 is 0 Å². The third-order valence-electron chi connectivity index (χ3n) is 5.56. The maximum absolute atomic E-state index is 5.84. The zero-order chi connectivity index (χ0) is 23.0. The molecule has 0 radical (unpaired) electrons. The molecule has 2 unspecified atom stereocenters. The number of anilines is 3. The first-order chi connectivity index (χ1) is 14.7. The van der Waals surface area contributed by atoms with Gasteiger partial charge in [0.2, 0.25) is 0 Å². The van der Waals surface area contributed by atoms with Crippen LogP contribution in [0.1, 0.15) is 50.9 Å². The van der Waals surface area contributed by atoms with Crippen LogP contribution in [0.3, 0.4) is 0 Å². The van der Waals surface area contributed by atoms with Gasteiger partial charge in [-0.2, -0.15) is 0 Å². The third-order valence-corrected chi connectivity index (χ3v) is 5.56. The van der Waals surface area contributed by atoms with E-state index in [1.165, 1.54) is 16.7 Å². The third kappa shape index (κ3) is 7.06. The summed E-state index contributed by atoms with van der Waals surface area (Å²) in [5, 5.41) is 3.52. The molecule has 1 aliphatic heterocycles. The molecule has 0 spiro atoms. The summed E-state index contributed by atoms with van der Waals surface area (Å²) < 4.78 is 0. The smallest absolute Gasteiger partial charge is 0.125 e. The summed E-state index contributed by atoms with van der Waals surface area (Å²) >= 11 is 0. The largest absolute Gasteiger partial charge is 0.399 e. The molecule has 3 heteroatoms. The van der Waals surface area contributed by atoms with Crippen molar-refractivity contribution in [1.82, 2.24) is 0 Å². The van der Waals surface area contributed by atoms with Crippen molar-refractivity contribution in [3.05, 3.63) is 90.6 Å². The molecule has 0 saturated carbocycles. The highest BCUT2D eigenvalue weighted by Gasteiger charge is 2.26. The predicted molar refractivity (Wildman–Crippen MR) is 139 cm³/mol. The van der Waals surface area contributed by atoms with Gasteiger partial charge in [0, 0.05) is 12.7 Å². The molecular formula is C28H39N3. The van der Waals surface area contributed by atoms with Crippen LogP contribution in [0.2, 0.25) is 0 Å². The second-order valence-electron chi connectivity index (χ2n) is 8.78. The summed E-state index contributed by atoms with van der Waals surface area (Å²) in [7, 11) is 2.09. The first kappa shape index (κ1) is 24.3. The molecule has 2 aromatic rings. The fraction of sp³-hybridized carbons (Fsp3) is 0.357. The van der Waals surface area contributed by atoms with Crippen molar-refractivity contribution < 1.29 is 0 Å². The van der Waals surface area contributed by atoms with Gasteiger partial charge >= 0.3 is 0 Å². The molecule has 0 saturated heterocycles. The van der Waals surface area contributed by atoms with Crippen LogP contribution in [-0.2, 0) is 0 Å². The van der Waals surface area contributed by atoms with Gasteiger partial charge in [0.25, 0.3) is 0 Å². The highest BCUT2D eigenvalue weighted by atomic mass is 15.3. The average molecular weight is 418 g/mol. The zero-order valence-electron chi connectivity index (χ0n) is 19.9. The van der Waals surface area contributed by atoms with E-state index in [1.807, 2.05) is 24.3 Å². The van der Waals surface area contributed by atoms with E-state index >= 15 is 0 Å². The van der Waals surface area contributed by atoms with Crippen molar-refractivity contribution in [2.24, 2.45) is 11.8 Å². The molecule has 0 fully saturated rings. The maximum Gasteiger partial charge on any atom is 0.125 e. The lowest BCUT2D eigenvalue weighted by molar-refractivity contribution is 0.683. The number of hydrogen-bond donors (Lipinski definition) is 2. The minimum absolute atomic E-state index is 0.183. The summed E-state index contributed by atoms with van der Waals surface area (Å²) in [6, 6.07) is 14.6. The van der Waals surface area contributed by atoms with E-state index < -0.39 is 0 Å². The van der Waals surface area contributed by atoms with E-state index in [4.69, 9.17) is 5.73 Å². The van der Waals surface area contributed by atoms with Crippen molar-refractivity contribution in [2.45, 2.75) is 46.7 Å². The quantitative estimate of drug-likeness (QED) is 0.362. The molecule has 166 valence electrons. The number of rotatable bonds is 7. The first-order valence-electron chi connectivity index (χ1n) is 11.1. The van der Waals surface area contributed by atoms with Gasteiger partial charge in [-0.3, -0.25) is 0 Å². The van der Waals surface area contributed by atoms with Gasteiger partial charge in [-0.05, 0) is 62.3 Å². The topological polar surface area (TPSA) is 41.3 Å². The number of allylic oxidation sites excluding steroid dienone is 4. The van der Waals surface area contributed by atoms with E-state index in [9.17, 15) is 0 Å². The fourth-order valence-electron chi connectivity index (χ4n) is 3.61. The SMILES string of the molecule is C=CC(CC/C=C/C(C)C)C(=C)C.Cc1ccc(C2Nc3ccc(N)cc3N2C)cc1. The van der Waals surface area contributed by atoms with E-state index in [-0.39, 0.29) is 6.17 Å². The number of hydrogen-bond acceptors (Lipinski definition) is 3. The second-order valence-corrected chi connectivity index (χ2v) is 8.78. The van der Waals surface area contributed by atoms with Crippen LogP contribution in [0.5, 0.6) is 0 Å². The van der Waals surface area contributed by atoms with E-state index in [1.54, 1.807) is 0 Å². The van der Waals surface area contributed by atoms with Crippen molar-refractivity contribution in [3.63, 3.8) is 0 Å². The molecule has 1 aliphatic rings. The average Bonchev–Trinajstić information content (AvgIpc) is 3.04. The second kappa shape index (κ2) is 11.5. The highest BCUT2D eigenvalue weighted by Crippen LogP contribution is 2.40. The molecular weight excluding hydrogens is 378 g/mol. The van der Waals surface area contributed by atoms with Crippen LogP contribution in [0, 0.1) is 18.8 Å². The molecule has 3 N–H and O–H groups in total. The molecule has 3 rings (SSSR count). The van der Waals surface area contributed by atoms with Crippen molar-refractivity contribution >= 4 is 17.1 Å². The minimum Gasteiger partial charge on any atom is -0.399 e.